The Hall–Kier alpha value is 0.0600. The summed E-state index contributed by atoms with van der Waals surface area (Å²) in [7, 11) is 0. The van der Waals surface area contributed by atoms with Crippen LogP contribution in [0.2, 0.25) is 0 Å². The van der Waals surface area contributed by atoms with Gasteiger partial charge in [-0.3, -0.25) is 4.79 Å². The van der Waals surface area contributed by atoms with Crippen molar-refractivity contribution in [2.45, 2.75) is 32.8 Å². The van der Waals surface area contributed by atoms with E-state index in [0.717, 1.165) is 0 Å². The van der Waals surface area contributed by atoms with Gasteiger partial charge >= 0.3 is 0 Å². The summed E-state index contributed by atoms with van der Waals surface area (Å²) in [5.41, 5.74) is -0.828. The van der Waals surface area contributed by atoms with Crippen molar-refractivity contribution in [3.05, 3.63) is 0 Å². The molecule has 1 unspecified atom stereocenters. The van der Waals surface area contributed by atoms with E-state index in [1.54, 1.807) is 13.8 Å². The molecule has 0 aromatic rings. The molecule has 0 heterocycles. The van der Waals surface area contributed by atoms with Gasteiger partial charge in [0.2, 0.25) is 0 Å². The minimum Gasteiger partial charge on any atom is -0.390 e. The second-order valence-electron chi connectivity index (χ2n) is 2.69. The number of carbonyl (C=O) groups is 1. The minimum absolute atomic E-state index is 0. The molecule has 0 bridgehead atoms. The highest BCUT2D eigenvalue weighted by molar-refractivity contribution is 6.92. The van der Waals surface area contributed by atoms with Crippen LogP contribution < -0.4 is 0 Å². The smallest absolute Gasteiger partial charge is 0.132 e. The Balaban J connectivity index is 0. The third-order valence-corrected chi connectivity index (χ3v) is 0.682. The van der Waals surface area contributed by atoms with E-state index in [-0.39, 0.29) is 22.1 Å². The van der Waals surface area contributed by atoms with Crippen LogP contribution in [0.5, 0.6) is 0 Å². The maximum absolute atomic E-state index is 10.3. The van der Waals surface area contributed by atoms with Crippen LogP contribution in [-0.4, -0.2) is 16.5 Å². The van der Waals surface area contributed by atoms with E-state index in [4.69, 9.17) is 5.11 Å². The van der Waals surface area contributed by atoms with Crippen molar-refractivity contribution >= 4 is 15.7 Å². The van der Waals surface area contributed by atoms with E-state index in [0.29, 0.717) is 0 Å². The van der Waals surface area contributed by atoms with Crippen molar-refractivity contribution in [2.24, 2.45) is 0 Å². The molecule has 3 heteroatoms. The number of hydrogen-bond acceptors (Lipinski definition) is 2. The molecule has 1 atom stereocenters. The number of carbonyl (C=O) groups excluding carboxylic acids is 1. The standard InChI is InChI=1S/C6H12O2.H3P/c1-5(7)4-6(2,3)8;/h8H,4H2,1-3H3;1H3/p+1. The highest BCUT2D eigenvalue weighted by Crippen LogP contribution is 2.06. The fourth-order valence-electron chi connectivity index (χ4n) is 0.609. The average Bonchev–Trinajstić information content (AvgIpc) is 1.21. The van der Waals surface area contributed by atoms with Gasteiger partial charge in [-0.2, -0.15) is 0 Å². The Kier molecular flexibility index (Phi) is 5.21. The van der Waals surface area contributed by atoms with Gasteiger partial charge < -0.3 is 5.11 Å². The lowest BCUT2D eigenvalue weighted by molar-refractivity contribution is -0.120. The third kappa shape index (κ3) is 11.6. The SMILES string of the molecule is CC(=O)CC(C)(C)O.[PH4+]. The molecule has 0 saturated heterocycles. The molecular formula is C6H16O2P+. The lowest BCUT2D eigenvalue weighted by atomic mass is 10.0. The van der Waals surface area contributed by atoms with Crippen LogP contribution in [0.25, 0.3) is 0 Å². The number of aliphatic hydroxyl groups is 1. The van der Waals surface area contributed by atoms with Crippen LogP contribution in [0.4, 0.5) is 0 Å². The highest BCUT2D eigenvalue weighted by atomic mass is 31.0. The molecule has 0 rings (SSSR count). The molecule has 0 aliphatic carbocycles. The normalized spacial score (nSPS) is 10.2. The lowest BCUT2D eigenvalue weighted by Gasteiger charge is -2.13. The molecule has 9 heavy (non-hydrogen) atoms. The minimum atomic E-state index is -0.828. The van der Waals surface area contributed by atoms with Crippen molar-refractivity contribution in [3.8, 4) is 0 Å². The Labute approximate surface area is 59.3 Å². The first-order valence-electron chi connectivity index (χ1n) is 2.63. The Morgan fingerprint density at radius 1 is 1.56 bits per heavy atom. The van der Waals surface area contributed by atoms with Gasteiger partial charge in [0.15, 0.2) is 0 Å². The van der Waals surface area contributed by atoms with E-state index in [9.17, 15) is 4.79 Å². The van der Waals surface area contributed by atoms with E-state index in [1.165, 1.54) is 6.92 Å². The second kappa shape index (κ2) is 3.97. The van der Waals surface area contributed by atoms with E-state index < -0.39 is 5.60 Å². The van der Waals surface area contributed by atoms with Crippen LogP contribution in [0.15, 0.2) is 0 Å². The van der Waals surface area contributed by atoms with Crippen LogP contribution in [-0.2, 0) is 4.79 Å². The summed E-state index contributed by atoms with van der Waals surface area (Å²) in [6.45, 7) is 4.71. The van der Waals surface area contributed by atoms with E-state index in [1.807, 2.05) is 0 Å². The molecular weight excluding hydrogens is 135 g/mol. The molecule has 0 amide bonds. The second-order valence-corrected chi connectivity index (χ2v) is 2.69. The average molecular weight is 151 g/mol. The van der Waals surface area contributed by atoms with E-state index in [2.05, 4.69) is 0 Å². The topological polar surface area (TPSA) is 37.3 Å². The summed E-state index contributed by atoms with van der Waals surface area (Å²) < 4.78 is 0. The predicted octanol–water partition coefficient (Wildman–Crippen LogP) is 0.527. The van der Waals surface area contributed by atoms with Gasteiger partial charge in [-0.1, -0.05) is 0 Å². The van der Waals surface area contributed by atoms with Gasteiger partial charge in [0, 0.05) is 6.42 Å². The van der Waals surface area contributed by atoms with Gasteiger partial charge in [-0.05, 0) is 30.7 Å². The molecule has 56 valence electrons. The van der Waals surface area contributed by atoms with Crippen LogP contribution in [0, 0.1) is 0 Å². The van der Waals surface area contributed by atoms with Crippen molar-refractivity contribution in [2.75, 3.05) is 0 Å². The van der Waals surface area contributed by atoms with Crippen molar-refractivity contribution < 1.29 is 9.90 Å². The molecule has 0 spiro atoms. The maximum Gasteiger partial charge on any atom is 0.132 e. The number of ketones is 1. The molecule has 2 nitrogen and oxygen atoms in total. The third-order valence-electron chi connectivity index (χ3n) is 0.682. The maximum atomic E-state index is 10.3. The number of rotatable bonds is 2. The van der Waals surface area contributed by atoms with Crippen molar-refractivity contribution in [3.63, 3.8) is 0 Å². The van der Waals surface area contributed by atoms with Crippen LogP contribution in [0.3, 0.4) is 0 Å². The summed E-state index contributed by atoms with van der Waals surface area (Å²) in [6.07, 6.45) is 0.243. The van der Waals surface area contributed by atoms with Crippen LogP contribution in [0.1, 0.15) is 27.2 Å². The summed E-state index contributed by atoms with van der Waals surface area (Å²) in [5.74, 6) is 0.0255. The van der Waals surface area contributed by atoms with Gasteiger partial charge in [0.25, 0.3) is 0 Å². The fraction of sp³-hybridized carbons (Fsp3) is 0.833. The number of hydrogen-bond donors (Lipinski definition) is 1. The molecule has 0 fully saturated rings. The molecule has 1 N–H and O–H groups in total. The summed E-state index contributed by atoms with van der Waals surface area (Å²) in [6, 6.07) is 0. The lowest BCUT2D eigenvalue weighted by Crippen LogP contribution is -2.21. The quantitative estimate of drug-likeness (QED) is 0.584. The highest BCUT2D eigenvalue weighted by Gasteiger charge is 2.13. The van der Waals surface area contributed by atoms with Crippen molar-refractivity contribution in [1.29, 1.82) is 0 Å². The Morgan fingerprint density at radius 3 is 1.89 bits per heavy atom. The molecule has 0 radical (unpaired) electrons. The number of Topliss-reactive ketones (excluding diaryl/α,β-unsaturated/α-hetero) is 1. The first kappa shape index (κ1) is 11.8. The summed E-state index contributed by atoms with van der Waals surface area (Å²) >= 11 is 0. The molecule has 0 aromatic carbocycles. The first-order chi connectivity index (χ1) is 3.42. The van der Waals surface area contributed by atoms with Gasteiger partial charge in [-0.15, -0.1) is 0 Å². The van der Waals surface area contributed by atoms with E-state index >= 15 is 0 Å². The van der Waals surface area contributed by atoms with Gasteiger partial charge in [0.1, 0.15) is 5.78 Å². The van der Waals surface area contributed by atoms with Gasteiger partial charge in [-0.25, -0.2) is 0 Å². The molecule has 0 aliphatic rings. The largest absolute Gasteiger partial charge is 0.390 e. The molecule has 0 saturated carbocycles. The summed E-state index contributed by atoms with van der Waals surface area (Å²) in [4.78, 5) is 10.3. The predicted molar refractivity (Wildman–Crippen MR) is 44.1 cm³/mol. The zero-order valence-corrected chi connectivity index (χ0v) is 8.56. The fourth-order valence-corrected chi connectivity index (χ4v) is 0.609. The molecule has 0 aromatic heterocycles. The Bertz CT molecular complexity index is 93.7. The summed E-state index contributed by atoms with van der Waals surface area (Å²) in [5, 5.41) is 8.97. The zero-order valence-electron chi connectivity index (χ0n) is 6.56. The molecule has 0 aliphatic heterocycles. The zero-order chi connectivity index (χ0) is 6.78. The van der Waals surface area contributed by atoms with Crippen molar-refractivity contribution in [1.82, 2.24) is 0 Å². The van der Waals surface area contributed by atoms with Crippen LogP contribution >= 0.6 is 9.90 Å². The Morgan fingerprint density at radius 2 is 1.89 bits per heavy atom. The van der Waals surface area contributed by atoms with Gasteiger partial charge in [0.05, 0.1) is 5.60 Å². The first-order valence-corrected chi connectivity index (χ1v) is 2.63. The monoisotopic (exact) mass is 151 g/mol.